The molecular weight excluding hydrogens is 428 g/mol. The summed E-state index contributed by atoms with van der Waals surface area (Å²) in [4.78, 5) is 28.0. The van der Waals surface area contributed by atoms with Crippen molar-refractivity contribution in [3.8, 4) is 11.5 Å². The van der Waals surface area contributed by atoms with Gasteiger partial charge in [-0.05, 0) is 68.0 Å². The molecule has 1 N–H and O–H groups in total. The molecule has 0 bridgehead atoms. The van der Waals surface area contributed by atoms with E-state index in [2.05, 4.69) is 26.1 Å². The number of amides is 2. The summed E-state index contributed by atoms with van der Waals surface area (Å²) in [6.45, 7) is 14.3. The Morgan fingerprint density at radius 1 is 0.971 bits per heavy atom. The summed E-state index contributed by atoms with van der Waals surface area (Å²) in [7, 11) is 1.60. The monoisotopic (exact) mass is 468 g/mol. The highest BCUT2D eigenvalue weighted by atomic mass is 16.5. The average molecular weight is 469 g/mol. The van der Waals surface area contributed by atoms with E-state index in [-0.39, 0.29) is 30.4 Å². The Morgan fingerprint density at radius 3 is 2.15 bits per heavy atom. The number of rotatable bonds is 9. The fourth-order valence-electron chi connectivity index (χ4n) is 3.62. The van der Waals surface area contributed by atoms with E-state index in [1.807, 2.05) is 76.2 Å². The Hall–Kier alpha value is -3.02. The minimum atomic E-state index is -0.621. The maximum Gasteiger partial charge on any atom is 0.261 e. The lowest BCUT2D eigenvalue weighted by molar-refractivity contribution is -0.143. The van der Waals surface area contributed by atoms with Gasteiger partial charge in [0, 0.05) is 12.1 Å². The molecule has 34 heavy (non-hydrogen) atoms. The Kier molecular flexibility index (Phi) is 9.14. The van der Waals surface area contributed by atoms with Crippen molar-refractivity contribution < 1.29 is 19.1 Å². The molecule has 186 valence electrons. The molecule has 0 unspecified atom stereocenters. The van der Waals surface area contributed by atoms with E-state index in [4.69, 9.17) is 9.47 Å². The molecule has 0 aliphatic heterocycles. The number of benzene rings is 2. The lowest BCUT2D eigenvalue weighted by Gasteiger charge is -2.33. The van der Waals surface area contributed by atoms with Crippen LogP contribution in [-0.2, 0) is 21.5 Å². The average Bonchev–Trinajstić information content (AvgIpc) is 2.76. The van der Waals surface area contributed by atoms with Gasteiger partial charge < -0.3 is 19.7 Å². The van der Waals surface area contributed by atoms with Gasteiger partial charge in [0.1, 0.15) is 17.5 Å². The smallest absolute Gasteiger partial charge is 0.261 e. The van der Waals surface area contributed by atoms with Gasteiger partial charge in [0.05, 0.1) is 7.11 Å². The van der Waals surface area contributed by atoms with Crippen LogP contribution in [0.1, 0.15) is 66.0 Å². The summed E-state index contributed by atoms with van der Waals surface area (Å²) in [6.07, 6.45) is 0.484. The normalized spacial score (nSPS) is 12.6. The lowest BCUT2D eigenvalue weighted by atomic mass is 9.87. The molecule has 0 aliphatic rings. The van der Waals surface area contributed by atoms with Gasteiger partial charge in [-0.2, -0.15) is 0 Å². The molecule has 2 aromatic carbocycles. The van der Waals surface area contributed by atoms with Gasteiger partial charge in [0.25, 0.3) is 5.91 Å². The molecule has 0 saturated heterocycles. The van der Waals surface area contributed by atoms with E-state index >= 15 is 0 Å². The van der Waals surface area contributed by atoms with Crippen molar-refractivity contribution in [3.63, 3.8) is 0 Å². The van der Waals surface area contributed by atoms with Crippen molar-refractivity contribution >= 4 is 11.8 Å². The highest BCUT2D eigenvalue weighted by Gasteiger charge is 2.31. The highest BCUT2D eigenvalue weighted by molar-refractivity contribution is 5.88. The topological polar surface area (TPSA) is 67.9 Å². The quantitative estimate of drug-likeness (QED) is 0.556. The summed E-state index contributed by atoms with van der Waals surface area (Å²) in [5, 5.41) is 3.01. The molecule has 6 heteroatoms. The number of methoxy groups -OCH3 is 1. The van der Waals surface area contributed by atoms with Crippen LogP contribution in [0.5, 0.6) is 11.5 Å². The van der Waals surface area contributed by atoms with Gasteiger partial charge in [-0.15, -0.1) is 0 Å². The molecule has 0 saturated carbocycles. The maximum atomic E-state index is 13.4. The fourth-order valence-corrected chi connectivity index (χ4v) is 3.62. The minimum absolute atomic E-state index is 0.0383. The third kappa shape index (κ3) is 8.08. The number of carbonyl (C=O) groups excluding carboxylic acids is 2. The predicted octanol–water partition coefficient (Wildman–Crippen LogP) is 5.09. The van der Waals surface area contributed by atoms with Crippen LogP contribution in [0.3, 0.4) is 0 Å². The standard InChI is InChI=1S/C28H40N2O4/c1-9-24(26(32)29-28(5,6)7)30(18-20-11-10-12-23(17-20)33-8)25(31)19-34-22-15-13-21(14-16-22)27(2,3)4/h10-17,24H,9,18-19H2,1-8H3,(H,29,32)/t24-/m1/s1. The number of carbonyl (C=O) groups is 2. The lowest BCUT2D eigenvalue weighted by Crippen LogP contribution is -2.54. The van der Waals surface area contributed by atoms with Crippen LogP contribution in [0.25, 0.3) is 0 Å². The molecule has 0 heterocycles. The van der Waals surface area contributed by atoms with Gasteiger partial charge in [-0.1, -0.05) is 52.0 Å². The molecule has 2 aromatic rings. The molecule has 1 atom stereocenters. The fraction of sp³-hybridized carbons (Fsp3) is 0.500. The maximum absolute atomic E-state index is 13.4. The SMILES string of the molecule is CC[C@H](C(=O)NC(C)(C)C)N(Cc1cccc(OC)c1)C(=O)COc1ccc(C(C)(C)C)cc1. The second-order valence-corrected chi connectivity index (χ2v) is 10.6. The van der Waals surface area contributed by atoms with Gasteiger partial charge in [-0.25, -0.2) is 0 Å². The summed E-state index contributed by atoms with van der Waals surface area (Å²) in [5.41, 5.74) is 1.71. The van der Waals surface area contributed by atoms with Crippen LogP contribution in [0.4, 0.5) is 0 Å². The summed E-state index contributed by atoms with van der Waals surface area (Å²) in [5.74, 6) is 0.890. The third-order valence-electron chi connectivity index (χ3n) is 5.45. The minimum Gasteiger partial charge on any atom is -0.497 e. The number of nitrogens with zero attached hydrogens (tertiary/aromatic N) is 1. The van der Waals surface area contributed by atoms with E-state index in [1.165, 1.54) is 5.56 Å². The second-order valence-electron chi connectivity index (χ2n) is 10.6. The molecule has 2 rings (SSSR count). The first-order valence-electron chi connectivity index (χ1n) is 11.8. The van der Waals surface area contributed by atoms with Crippen molar-refractivity contribution in [1.82, 2.24) is 10.2 Å². The third-order valence-corrected chi connectivity index (χ3v) is 5.45. The van der Waals surface area contributed by atoms with Crippen molar-refractivity contribution in [1.29, 1.82) is 0 Å². The first-order valence-corrected chi connectivity index (χ1v) is 11.8. The largest absolute Gasteiger partial charge is 0.497 e. The Morgan fingerprint density at radius 2 is 1.62 bits per heavy atom. The molecule has 2 amide bonds. The van der Waals surface area contributed by atoms with Crippen molar-refractivity contribution in [2.45, 2.75) is 78.4 Å². The van der Waals surface area contributed by atoms with Gasteiger partial charge in [0.15, 0.2) is 6.61 Å². The van der Waals surface area contributed by atoms with Crippen LogP contribution in [0.2, 0.25) is 0 Å². The summed E-state index contributed by atoms with van der Waals surface area (Å²) >= 11 is 0. The first kappa shape index (κ1) is 27.2. The predicted molar refractivity (Wildman–Crippen MR) is 136 cm³/mol. The molecule has 6 nitrogen and oxygen atoms in total. The van der Waals surface area contributed by atoms with Crippen molar-refractivity contribution in [3.05, 3.63) is 59.7 Å². The number of hydrogen-bond donors (Lipinski definition) is 1. The zero-order valence-corrected chi connectivity index (χ0v) is 21.9. The van der Waals surface area contributed by atoms with Gasteiger partial charge >= 0.3 is 0 Å². The van der Waals surface area contributed by atoms with Crippen LogP contribution in [-0.4, -0.2) is 42.0 Å². The molecule has 0 aliphatic carbocycles. The summed E-state index contributed by atoms with van der Waals surface area (Å²) in [6, 6.07) is 14.7. The van der Waals surface area contributed by atoms with E-state index in [9.17, 15) is 9.59 Å². The molecular formula is C28H40N2O4. The number of hydrogen-bond acceptors (Lipinski definition) is 4. The number of nitrogens with one attached hydrogen (secondary N) is 1. The van der Waals surface area contributed by atoms with Crippen molar-refractivity contribution in [2.24, 2.45) is 0 Å². The van der Waals surface area contributed by atoms with E-state index in [1.54, 1.807) is 12.0 Å². The van der Waals surface area contributed by atoms with E-state index in [0.29, 0.717) is 17.9 Å². The zero-order chi connectivity index (χ0) is 25.5. The second kappa shape index (κ2) is 11.4. The van der Waals surface area contributed by atoms with E-state index in [0.717, 1.165) is 5.56 Å². The highest BCUT2D eigenvalue weighted by Crippen LogP contribution is 2.24. The molecule has 0 aromatic heterocycles. The van der Waals surface area contributed by atoms with Crippen LogP contribution in [0.15, 0.2) is 48.5 Å². The van der Waals surface area contributed by atoms with Gasteiger partial charge in [0.2, 0.25) is 5.91 Å². The first-order chi connectivity index (χ1) is 15.8. The number of ether oxygens (including phenoxy) is 2. The summed E-state index contributed by atoms with van der Waals surface area (Å²) < 4.78 is 11.2. The van der Waals surface area contributed by atoms with Crippen LogP contribution >= 0.6 is 0 Å². The van der Waals surface area contributed by atoms with Crippen molar-refractivity contribution in [2.75, 3.05) is 13.7 Å². The van der Waals surface area contributed by atoms with Crippen LogP contribution < -0.4 is 14.8 Å². The molecule has 0 fully saturated rings. The Bertz CT molecular complexity index is 956. The Balaban J connectivity index is 2.24. The molecule has 0 spiro atoms. The van der Waals surface area contributed by atoms with Crippen LogP contribution in [0, 0.1) is 0 Å². The zero-order valence-electron chi connectivity index (χ0n) is 21.9. The van der Waals surface area contributed by atoms with E-state index < -0.39 is 11.6 Å². The molecule has 0 radical (unpaired) electrons. The Labute approximate surface area is 204 Å². The van der Waals surface area contributed by atoms with Gasteiger partial charge in [-0.3, -0.25) is 9.59 Å².